The van der Waals surface area contributed by atoms with Crippen molar-refractivity contribution in [1.29, 1.82) is 0 Å². The fourth-order valence-electron chi connectivity index (χ4n) is 4.92. The number of rotatable bonds is 0. The Kier molecular flexibility index (Phi) is 22.2. The predicted molar refractivity (Wildman–Crippen MR) is 163 cm³/mol. The second-order valence-electron chi connectivity index (χ2n) is 10.8. The van der Waals surface area contributed by atoms with Crippen LogP contribution in [0.1, 0.15) is 135 Å². The summed E-state index contributed by atoms with van der Waals surface area (Å²) in [6.07, 6.45) is 44.2. The molecule has 210 valence electrons. The Labute approximate surface area is 230 Å². The predicted octanol–water partition coefficient (Wildman–Crippen LogP) is 10.8. The highest BCUT2D eigenvalue weighted by Crippen LogP contribution is 2.31. The Balaban J connectivity index is 0.000000241. The molecule has 2 nitrogen and oxygen atoms in total. The molecule has 0 saturated carbocycles. The van der Waals surface area contributed by atoms with E-state index in [1.807, 2.05) is 0 Å². The topological polar surface area (TPSA) is 29.6 Å². The lowest BCUT2D eigenvalue weighted by Crippen LogP contribution is -1.97. The highest BCUT2D eigenvalue weighted by atomic mass is 16.6. The number of hydrogen-bond acceptors (Lipinski definition) is 2. The molecule has 0 aromatic heterocycles. The minimum atomic E-state index is 0.430. The van der Waals surface area contributed by atoms with Crippen molar-refractivity contribution in [3.63, 3.8) is 0 Å². The van der Waals surface area contributed by atoms with Gasteiger partial charge in [0.25, 0.3) is 0 Å². The van der Waals surface area contributed by atoms with Gasteiger partial charge in [0.2, 0.25) is 0 Å². The van der Waals surface area contributed by atoms with Gasteiger partial charge in [-0.2, -0.15) is 0 Å². The Morgan fingerprint density at radius 1 is 0.541 bits per heavy atom. The first-order valence-corrected chi connectivity index (χ1v) is 15.5. The van der Waals surface area contributed by atoms with Crippen molar-refractivity contribution in [1.82, 2.24) is 0 Å². The third-order valence-electron chi connectivity index (χ3n) is 7.39. The smallest absolute Gasteiger partial charge is 0.133 e. The third kappa shape index (κ3) is 21.0. The molecule has 0 aromatic carbocycles. The first-order chi connectivity index (χ1) is 18.3. The van der Waals surface area contributed by atoms with Crippen LogP contribution in [0.3, 0.4) is 0 Å². The van der Waals surface area contributed by atoms with Gasteiger partial charge in [0, 0.05) is 12.8 Å². The molecule has 1 heterocycles. The van der Waals surface area contributed by atoms with Gasteiger partial charge >= 0.3 is 0 Å². The van der Waals surface area contributed by atoms with E-state index in [-0.39, 0.29) is 0 Å². The second-order valence-corrected chi connectivity index (χ2v) is 10.8. The summed E-state index contributed by atoms with van der Waals surface area (Å²) < 4.78 is 5.40. The molecule has 1 aliphatic heterocycles. The van der Waals surface area contributed by atoms with Gasteiger partial charge in [-0.1, -0.05) is 74.8 Å². The normalized spacial score (nSPS) is 28.8. The number of allylic oxidation sites excluding steroid dienone is 8. The summed E-state index contributed by atoms with van der Waals surface area (Å²) in [5.41, 5.74) is 0. The Morgan fingerprint density at radius 3 is 1.59 bits per heavy atom. The molecule has 0 spiro atoms. The van der Waals surface area contributed by atoms with Gasteiger partial charge in [-0.05, 0) is 102 Å². The van der Waals surface area contributed by atoms with Crippen LogP contribution in [0.4, 0.5) is 0 Å². The molecule has 0 N–H and O–H groups in total. The lowest BCUT2D eigenvalue weighted by atomic mass is 9.96. The van der Waals surface area contributed by atoms with Gasteiger partial charge in [0.1, 0.15) is 5.78 Å². The SMILES string of the molecule is C1=CCCC2OC2CC1.C1=CCCCCCC1.C=C.CC1CC/C=C\CCC1.O=C1CC/C=C\CCC1. The maximum Gasteiger partial charge on any atom is 0.133 e. The monoisotopic (exact) mass is 510 g/mol. The first kappa shape index (κ1) is 33.4. The van der Waals surface area contributed by atoms with Crippen LogP contribution in [-0.4, -0.2) is 18.0 Å². The standard InChI is InChI=1S/C9H16.2C8H12O.C8H14.C2H4/c1-9-7-5-3-2-4-6-8-9;1-2-4-6-8-7(9-8)5-3-1;9-8-6-4-2-1-3-5-7-8;1-2-4-6-8-7-5-3-1;1-2/h2-3,9H,4-8H2,1H3;1-2,7-8H,3-6H2;1-2H,3-7H2;1-2H,3-8H2;1-2H2/b3-2-;;2-1-;;. The zero-order chi connectivity index (χ0) is 26.8. The zero-order valence-corrected chi connectivity index (χ0v) is 24.2. The summed E-state index contributed by atoms with van der Waals surface area (Å²) in [5.74, 6) is 1.40. The van der Waals surface area contributed by atoms with E-state index in [9.17, 15) is 4.79 Å². The molecular weight excluding hydrogens is 452 g/mol. The molecule has 2 heteroatoms. The number of ether oxygens (including phenoxy) is 1. The number of carbonyl (C=O) groups excluding carboxylic acids is 1. The molecule has 0 radical (unpaired) electrons. The molecule has 0 amide bonds. The highest BCUT2D eigenvalue weighted by Gasteiger charge is 2.37. The maximum absolute atomic E-state index is 10.8. The number of ketones is 1. The number of fused-ring (bicyclic) bond motifs is 1. The molecule has 0 aromatic rings. The van der Waals surface area contributed by atoms with E-state index in [4.69, 9.17) is 4.74 Å². The van der Waals surface area contributed by atoms with Gasteiger partial charge < -0.3 is 4.74 Å². The Bertz CT molecular complexity index is 627. The van der Waals surface area contributed by atoms with E-state index in [1.54, 1.807) is 0 Å². The number of hydrogen-bond donors (Lipinski definition) is 0. The number of epoxide rings is 1. The van der Waals surface area contributed by atoms with Crippen molar-refractivity contribution in [2.24, 2.45) is 5.92 Å². The van der Waals surface area contributed by atoms with E-state index in [2.05, 4.69) is 68.7 Å². The van der Waals surface area contributed by atoms with Crippen molar-refractivity contribution in [2.45, 2.75) is 148 Å². The molecule has 5 rings (SSSR count). The Morgan fingerprint density at radius 2 is 1.00 bits per heavy atom. The average molecular weight is 511 g/mol. The quantitative estimate of drug-likeness (QED) is 0.239. The molecule has 3 unspecified atom stereocenters. The average Bonchev–Trinajstić information content (AvgIpc) is 3.57. The van der Waals surface area contributed by atoms with Gasteiger partial charge in [-0.3, -0.25) is 4.79 Å². The summed E-state index contributed by atoms with van der Waals surface area (Å²) >= 11 is 0. The number of Topliss-reactive ketones (excluding diaryl/α,β-unsaturated/α-hetero) is 1. The summed E-state index contributed by atoms with van der Waals surface area (Å²) in [5, 5.41) is 0. The molecule has 0 bridgehead atoms. The van der Waals surface area contributed by atoms with Crippen molar-refractivity contribution in [3.8, 4) is 0 Å². The van der Waals surface area contributed by atoms with Crippen LogP contribution in [-0.2, 0) is 9.53 Å². The van der Waals surface area contributed by atoms with Crippen LogP contribution in [0.15, 0.2) is 61.8 Å². The van der Waals surface area contributed by atoms with Crippen LogP contribution >= 0.6 is 0 Å². The molecule has 1 fully saturated rings. The fourth-order valence-corrected chi connectivity index (χ4v) is 4.92. The van der Waals surface area contributed by atoms with Crippen LogP contribution < -0.4 is 0 Å². The van der Waals surface area contributed by atoms with Crippen LogP contribution in [0.2, 0.25) is 0 Å². The van der Waals surface area contributed by atoms with Crippen molar-refractivity contribution < 1.29 is 9.53 Å². The fraction of sp³-hybridized carbons (Fsp3) is 0.686. The summed E-state index contributed by atoms with van der Waals surface area (Å²) in [6.45, 7) is 8.36. The maximum atomic E-state index is 10.8. The van der Waals surface area contributed by atoms with Crippen LogP contribution in [0, 0.1) is 5.92 Å². The van der Waals surface area contributed by atoms with E-state index < -0.39 is 0 Å². The summed E-state index contributed by atoms with van der Waals surface area (Å²) in [6, 6.07) is 0. The van der Waals surface area contributed by atoms with Gasteiger partial charge in [-0.15, -0.1) is 13.2 Å². The molecule has 37 heavy (non-hydrogen) atoms. The number of carbonyl (C=O) groups is 1. The van der Waals surface area contributed by atoms with Gasteiger partial charge in [-0.25, -0.2) is 0 Å². The van der Waals surface area contributed by atoms with E-state index in [0.29, 0.717) is 18.0 Å². The van der Waals surface area contributed by atoms with Gasteiger partial charge in [0.05, 0.1) is 12.2 Å². The summed E-state index contributed by atoms with van der Waals surface area (Å²) in [7, 11) is 0. The lowest BCUT2D eigenvalue weighted by molar-refractivity contribution is -0.119. The highest BCUT2D eigenvalue weighted by molar-refractivity contribution is 5.78. The molecule has 4 aliphatic carbocycles. The minimum absolute atomic E-state index is 0.430. The van der Waals surface area contributed by atoms with E-state index in [0.717, 1.165) is 38.0 Å². The third-order valence-corrected chi connectivity index (χ3v) is 7.39. The van der Waals surface area contributed by atoms with Crippen molar-refractivity contribution in [2.75, 3.05) is 0 Å². The van der Waals surface area contributed by atoms with Crippen LogP contribution in [0.5, 0.6) is 0 Å². The van der Waals surface area contributed by atoms with Gasteiger partial charge in [0.15, 0.2) is 0 Å². The first-order valence-electron chi connectivity index (χ1n) is 15.5. The Hall–Kier alpha value is -1.67. The summed E-state index contributed by atoms with van der Waals surface area (Å²) in [4.78, 5) is 10.8. The largest absolute Gasteiger partial charge is 0.370 e. The van der Waals surface area contributed by atoms with Crippen LogP contribution in [0.25, 0.3) is 0 Å². The van der Waals surface area contributed by atoms with E-state index >= 15 is 0 Å². The molecule has 5 aliphatic rings. The van der Waals surface area contributed by atoms with Crippen molar-refractivity contribution in [3.05, 3.63) is 61.8 Å². The van der Waals surface area contributed by atoms with Crippen molar-refractivity contribution >= 4 is 5.78 Å². The second kappa shape index (κ2) is 24.7. The zero-order valence-electron chi connectivity index (χ0n) is 24.2. The molecule has 1 saturated heterocycles. The molecular formula is C35H58O2. The van der Waals surface area contributed by atoms with E-state index in [1.165, 1.54) is 96.3 Å². The molecule has 3 atom stereocenters. The lowest BCUT2D eigenvalue weighted by Gasteiger charge is -2.10. The minimum Gasteiger partial charge on any atom is -0.370 e.